The van der Waals surface area contributed by atoms with Crippen molar-refractivity contribution in [2.24, 2.45) is 5.73 Å². The Balaban J connectivity index is 2.16. The van der Waals surface area contributed by atoms with Crippen molar-refractivity contribution in [1.82, 2.24) is 0 Å². The Morgan fingerprint density at radius 3 is 2.46 bits per heavy atom. The summed E-state index contributed by atoms with van der Waals surface area (Å²) in [4.78, 5) is 23.8. The van der Waals surface area contributed by atoms with E-state index in [4.69, 9.17) is 31.5 Å². The summed E-state index contributed by atoms with van der Waals surface area (Å²) in [7, 11) is 2.90. The number of nitrogens with two attached hydrogens (primary N) is 1. The molecule has 0 fully saturated rings. The van der Waals surface area contributed by atoms with Gasteiger partial charge in [0.05, 0.1) is 25.5 Å². The first-order valence-corrected chi connectivity index (χ1v) is 7.98. The molecule has 0 saturated carbocycles. The summed E-state index contributed by atoms with van der Waals surface area (Å²) in [5, 5.41) is 3.21. The van der Waals surface area contributed by atoms with E-state index in [-0.39, 0.29) is 17.9 Å². The van der Waals surface area contributed by atoms with Gasteiger partial charge in [0.2, 0.25) is 0 Å². The first-order valence-electron chi connectivity index (χ1n) is 7.61. The number of halogens is 1. The average molecular weight is 379 g/mol. The Morgan fingerprint density at radius 1 is 1.15 bits per heavy atom. The van der Waals surface area contributed by atoms with E-state index in [9.17, 15) is 9.59 Å². The van der Waals surface area contributed by atoms with Crippen LogP contribution < -0.4 is 25.3 Å². The van der Waals surface area contributed by atoms with Gasteiger partial charge < -0.3 is 25.3 Å². The Kier molecular flexibility index (Phi) is 6.30. The van der Waals surface area contributed by atoms with Crippen molar-refractivity contribution in [3.8, 4) is 17.2 Å². The van der Waals surface area contributed by atoms with Crippen LogP contribution in [0.1, 0.15) is 15.9 Å². The molecular weight excluding hydrogens is 360 g/mol. The van der Waals surface area contributed by atoms with E-state index in [1.807, 2.05) is 6.92 Å². The molecule has 0 aromatic heterocycles. The second kappa shape index (κ2) is 8.44. The summed E-state index contributed by atoms with van der Waals surface area (Å²) in [6.07, 6.45) is 0. The topological polar surface area (TPSA) is 99.9 Å². The van der Waals surface area contributed by atoms with Gasteiger partial charge in [0.15, 0.2) is 18.1 Å². The summed E-state index contributed by atoms with van der Waals surface area (Å²) in [5.41, 5.74) is 6.69. The Morgan fingerprint density at radius 2 is 1.85 bits per heavy atom. The van der Waals surface area contributed by atoms with Crippen LogP contribution in [0.4, 0.5) is 5.69 Å². The fourth-order valence-electron chi connectivity index (χ4n) is 2.27. The molecule has 0 bridgehead atoms. The second-order valence-corrected chi connectivity index (χ2v) is 5.75. The maximum absolute atomic E-state index is 12.2. The van der Waals surface area contributed by atoms with Gasteiger partial charge >= 0.3 is 0 Å². The molecule has 0 aliphatic heterocycles. The monoisotopic (exact) mass is 378 g/mol. The highest BCUT2D eigenvalue weighted by molar-refractivity contribution is 6.31. The highest BCUT2D eigenvalue weighted by Crippen LogP contribution is 2.32. The number of aryl methyl sites for hydroxylation is 1. The molecule has 0 radical (unpaired) electrons. The number of benzene rings is 2. The number of primary amides is 1. The van der Waals surface area contributed by atoms with Crippen molar-refractivity contribution in [3.63, 3.8) is 0 Å². The standard InChI is InChI=1S/C18H19ClN2O5/c1-10-7-13(15(25-3)8-12(10)19)21-16(22)9-26-17-11(18(20)23)5-4-6-14(17)24-2/h4-8H,9H2,1-3H3,(H2,20,23)(H,21,22). The zero-order chi connectivity index (χ0) is 19.3. The maximum Gasteiger partial charge on any atom is 0.262 e. The summed E-state index contributed by atoms with van der Waals surface area (Å²) in [5.74, 6) is -0.310. The summed E-state index contributed by atoms with van der Waals surface area (Å²) < 4.78 is 15.8. The van der Waals surface area contributed by atoms with Crippen LogP contribution in [0.3, 0.4) is 0 Å². The molecule has 2 aromatic rings. The van der Waals surface area contributed by atoms with Crippen LogP contribution >= 0.6 is 11.6 Å². The number of rotatable bonds is 7. The van der Waals surface area contributed by atoms with Crippen molar-refractivity contribution >= 4 is 29.1 Å². The minimum Gasteiger partial charge on any atom is -0.495 e. The van der Waals surface area contributed by atoms with Crippen molar-refractivity contribution in [1.29, 1.82) is 0 Å². The largest absolute Gasteiger partial charge is 0.495 e. The van der Waals surface area contributed by atoms with Crippen LogP contribution in [0, 0.1) is 6.92 Å². The van der Waals surface area contributed by atoms with Crippen LogP contribution in [0.25, 0.3) is 0 Å². The number of hydrogen-bond donors (Lipinski definition) is 2. The molecule has 7 nitrogen and oxygen atoms in total. The zero-order valence-corrected chi connectivity index (χ0v) is 15.3. The van der Waals surface area contributed by atoms with Gasteiger partial charge in [-0.3, -0.25) is 9.59 Å². The Hall–Kier alpha value is -2.93. The van der Waals surface area contributed by atoms with Gasteiger partial charge in [-0.25, -0.2) is 0 Å². The predicted octanol–water partition coefficient (Wildman–Crippen LogP) is 2.78. The lowest BCUT2D eigenvalue weighted by Gasteiger charge is -2.15. The lowest BCUT2D eigenvalue weighted by Crippen LogP contribution is -2.22. The van der Waals surface area contributed by atoms with Gasteiger partial charge in [0.1, 0.15) is 5.75 Å². The number of carbonyl (C=O) groups excluding carboxylic acids is 2. The van der Waals surface area contributed by atoms with Crippen molar-refractivity contribution in [3.05, 3.63) is 46.5 Å². The van der Waals surface area contributed by atoms with Gasteiger partial charge in [-0.05, 0) is 30.7 Å². The fourth-order valence-corrected chi connectivity index (χ4v) is 2.43. The van der Waals surface area contributed by atoms with Gasteiger partial charge in [-0.1, -0.05) is 17.7 Å². The lowest BCUT2D eigenvalue weighted by atomic mass is 10.2. The maximum atomic E-state index is 12.2. The quantitative estimate of drug-likeness (QED) is 0.771. The van der Waals surface area contributed by atoms with E-state index in [2.05, 4.69) is 5.32 Å². The van der Waals surface area contributed by atoms with Crippen LogP contribution in [-0.2, 0) is 4.79 Å². The van der Waals surface area contributed by atoms with E-state index in [0.717, 1.165) is 5.56 Å². The number of amides is 2. The van der Waals surface area contributed by atoms with Crippen molar-refractivity contribution in [2.75, 3.05) is 26.1 Å². The predicted molar refractivity (Wildman–Crippen MR) is 98.4 cm³/mol. The Bertz CT molecular complexity index is 839. The zero-order valence-electron chi connectivity index (χ0n) is 14.6. The summed E-state index contributed by atoms with van der Waals surface area (Å²) >= 11 is 6.05. The van der Waals surface area contributed by atoms with E-state index in [0.29, 0.717) is 22.2 Å². The molecule has 0 unspecified atom stereocenters. The number of carbonyl (C=O) groups is 2. The normalized spacial score (nSPS) is 10.2. The number of ether oxygens (including phenoxy) is 3. The van der Waals surface area contributed by atoms with E-state index in [1.165, 1.54) is 20.3 Å². The SMILES string of the molecule is COc1cc(Cl)c(C)cc1NC(=O)COc1c(OC)cccc1C(N)=O. The first-order chi connectivity index (χ1) is 12.4. The minimum atomic E-state index is -0.686. The van der Waals surface area contributed by atoms with Crippen molar-refractivity contribution in [2.45, 2.75) is 6.92 Å². The molecule has 8 heteroatoms. The molecule has 0 saturated heterocycles. The van der Waals surface area contributed by atoms with E-state index in [1.54, 1.807) is 24.3 Å². The minimum absolute atomic E-state index is 0.108. The molecule has 2 aromatic carbocycles. The molecule has 0 heterocycles. The molecule has 26 heavy (non-hydrogen) atoms. The number of nitrogens with one attached hydrogen (secondary N) is 1. The first kappa shape index (κ1) is 19.4. The van der Waals surface area contributed by atoms with E-state index >= 15 is 0 Å². The number of hydrogen-bond acceptors (Lipinski definition) is 5. The molecule has 138 valence electrons. The van der Waals surface area contributed by atoms with Crippen LogP contribution in [-0.4, -0.2) is 32.6 Å². The molecule has 0 atom stereocenters. The number of para-hydroxylation sites is 1. The lowest BCUT2D eigenvalue weighted by molar-refractivity contribution is -0.118. The molecule has 0 spiro atoms. The molecule has 3 N–H and O–H groups in total. The van der Waals surface area contributed by atoms with Gasteiger partial charge in [-0.2, -0.15) is 0 Å². The highest BCUT2D eigenvalue weighted by atomic mass is 35.5. The highest BCUT2D eigenvalue weighted by Gasteiger charge is 2.17. The van der Waals surface area contributed by atoms with Gasteiger partial charge in [-0.15, -0.1) is 0 Å². The van der Waals surface area contributed by atoms with Crippen LogP contribution in [0.15, 0.2) is 30.3 Å². The van der Waals surface area contributed by atoms with Crippen LogP contribution in [0.2, 0.25) is 5.02 Å². The van der Waals surface area contributed by atoms with Gasteiger partial charge in [0, 0.05) is 11.1 Å². The second-order valence-electron chi connectivity index (χ2n) is 5.34. The molecule has 0 aliphatic carbocycles. The molecule has 2 rings (SSSR count). The molecular formula is C18H19ClN2O5. The average Bonchev–Trinajstić information content (AvgIpc) is 2.62. The summed E-state index contributed by atoms with van der Waals surface area (Å²) in [6, 6.07) is 8.00. The van der Waals surface area contributed by atoms with Gasteiger partial charge in [0.25, 0.3) is 11.8 Å². The number of anilines is 1. The van der Waals surface area contributed by atoms with E-state index < -0.39 is 11.8 Å². The molecule has 2 amide bonds. The van der Waals surface area contributed by atoms with Crippen molar-refractivity contribution < 1.29 is 23.8 Å². The smallest absolute Gasteiger partial charge is 0.262 e. The third kappa shape index (κ3) is 4.37. The van der Waals surface area contributed by atoms with Crippen LogP contribution in [0.5, 0.6) is 17.2 Å². The third-order valence-corrected chi connectivity index (χ3v) is 3.97. The number of methoxy groups -OCH3 is 2. The molecule has 0 aliphatic rings. The third-order valence-electron chi connectivity index (χ3n) is 3.57. The Labute approximate surface area is 156 Å². The fraction of sp³-hybridized carbons (Fsp3) is 0.222. The summed E-state index contributed by atoms with van der Waals surface area (Å²) in [6.45, 7) is 1.45.